The Morgan fingerprint density at radius 1 is 1.00 bits per heavy atom. The number of hydrogen-bond acceptors (Lipinski definition) is 1. The Morgan fingerprint density at radius 3 is 2.44 bits per heavy atom. The zero-order chi connectivity index (χ0) is 11.6. The van der Waals surface area contributed by atoms with E-state index in [1.54, 1.807) is 0 Å². The Balaban J connectivity index is 1.93. The van der Waals surface area contributed by atoms with Gasteiger partial charge in [0.05, 0.1) is 0 Å². The topological polar surface area (TPSA) is 12.0 Å². The van der Waals surface area contributed by atoms with Crippen LogP contribution in [0.3, 0.4) is 0 Å². The molecule has 0 aliphatic rings. The average molecular weight is 219 g/mol. The van der Waals surface area contributed by atoms with Crippen LogP contribution in [0, 0.1) is 5.92 Å². The summed E-state index contributed by atoms with van der Waals surface area (Å²) >= 11 is 0. The lowest BCUT2D eigenvalue weighted by molar-refractivity contribution is 0.521. The quantitative estimate of drug-likeness (QED) is 0.658. The molecule has 0 unspecified atom stereocenters. The van der Waals surface area contributed by atoms with Crippen LogP contribution in [0.5, 0.6) is 0 Å². The van der Waals surface area contributed by atoms with Gasteiger partial charge >= 0.3 is 0 Å². The first kappa shape index (κ1) is 13.2. The molecule has 0 saturated carbocycles. The monoisotopic (exact) mass is 219 g/mol. The smallest absolute Gasteiger partial charge is 0.000835 e. The molecule has 90 valence electrons. The van der Waals surface area contributed by atoms with E-state index >= 15 is 0 Å². The summed E-state index contributed by atoms with van der Waals surface area (Å²) in [7, 11) is 0. The first-order valence-corrected chi connectivity index (χ1v) is 6.53. The molecule has 1 rings (SSSR count). The second kappa shape index (κ2) is 8.35. The minimum Gasteiger partial charge on any atom is -0.316 e. The van der Waals surface area contributed by atoms with Gasteiger partial charge < -0.3 is 5.32 Å². The van der Waals surface area contributed by atoms with Gasteiger partial charge in [0.25, 0.3) is 0 Å². The van der Waals surface area contributed by atoms with Gasteiger partial charge in [-0.3, -0.25) is 0 Å². The summed E-state index contributed by atoms with van der Waals surface area (Å²) in [6, 6.07) is 10.7. The van der Waals surface area contributed by atoms with Crippen LogP contribution in [0.25, 0.3) is 0 Å². The fraction of sp³-hybridized carbons (Fsp3) is 0.600. The molecule has 0 aliphatic heterocycles. The highest BCUT2D eigenvalue weighted by molar-refractivity contribution is 5.14. The van der Waals surface area contributed by atoms with Gasteiger partial charge in [-0.1, -0.05) is 57.0 Å². The third-order valence-corrected chi connectivity index (χ3v) is 2.82. The third kappa shape index (κ3) is 6.62. The van der Waals surface area contributed by atoms with E-state index in [9.17, 15) is 0 Å². The van der Waals surface area contributed by atoms with Crippen molar-refractivity contribution in [3.63, 3.8) is 0 Å². The maximum absolute atomic E-state index is 3.51. The Hall–Kier alpha value is -0.820. The SMILES string of the molecule is CC(C)CCCCNCCc1ccccc1. The number of nitrogens with one attached hydrogen (secondary N) is 1. The van der Waals surface area contributed by atoms with Crippen molar-refractivity contribution >= 4 is 0 Å². The van der Waals surface area contributed by atoms with Crippen LogP contribution in [0.15, 0.2) is 30.3 Å². The molecule has 16 heavy (non-hydrogen) atoms. The molecule has 1 heteroatoms. The van der Waals surface area contributed by atoms with E-state index in [2.05, 4.69) is 49.5 Å². The van der Waals surface area contributed by atoms with Gasteiger partial charge in [-0.2, -0.15) is 0 Å². The molecule has 1 aromatic rings. The fourth-order valence-corrected chi connectivity index (χ4v) is 1.80. The standard InChI is InChI=1S/C15H25N/c1-14(2)8-6-7-12-16-13-11-15-9-4-3-5-10-15/h3-5,9-10,14,16H,6-8,11-13H2,1-2H3. The molecule has 1 nitrogen and oxygen atoms in total. The molecule has 0 spiro atoms. The van der Waals surface area contributed by atoms with Crippen molar-refractivity contribution in [3.05, 3.63) is 35.9 Å². The molecule has 0 aliphatic carbocycles. The van der Waals surface area contributed by atoms with Crippen molar-refractivity contribution in [2.45, 2.75) is 39.5 Å². The van der Waals surface area contributed by atoms with Crippen LogP contribution in [-0.2, 0) is 6.42 Å². The summed E-state index contributed by atoms with van der Waals surface area (Å²) in [5, 5.41) is 3.51. The van der Waals surface area contributed by atoms with Gasteiger partial charge in [-0.25, -0.2) is 0 Å². The molecule has 0 amide bonds. The minimum absolute atomic E-state index is 0.851. The van der Waals surface area contributed by atoms with Crippen LogP contribution in [0.2, 0.25) is 0 Å². The Labute approximate surface area is 100 Å². The molecule has 0 aromatic heterocycles. The van der Waals surface area contributed by atoms with Gasteiger partial charge in [-0.05, 0) is 37.4 Å². The van der Waals surface area contributed by atoms with Crippen LogP contribution in [-0.4, -0.2) is 13.1 Å². The van der Waals surface area contributed by atoms with Gasteiger partial charge in [0.15, 0.2) is 0 Å². The maximum atomic E-state index is 3.51. The zero-order valence-electron chi connectivity index (χ0n) is 10.7. The van der Waals surface area contributed by atoms with E-state index < -0.39 is 0 Å². The second-order valence-corrected chi connectivity index (χ2v) is 4.88. The normalized spacial score (nSPS) is 10.9. The van der Waals surface area contributed by atoms with Gasteiger partial charge in [-0.15, -0.1) is 0 Å². The van der Waals surface area contributed by atoms with Crippen molar-refractivity contribution in [1.29, 1.82) is 0 Å². The predicted molar refractivity (Wildman–Crippen MR) is 71.7 cm³/mol. The summed E-state index contributed by atoms with van der Waals surface area (Å²) in [5.41, 5.74) is 1.43. The minimum atomic E-state index is 0.851. The zero-order valence-corrected chi connectivity index (χ0v) is 10.7. The highest BCUT2D eigenvalue weighted by atomic mass is 14.8. The second-order valence-electron chi connectivity index (χ2n) is 4.88. The molecule has 0 radical (unpaired) electrons. The lowest BCUT2D eigenvalue weighted by Crippen LogP contribution is -2.18. The fourth-order valence-electron chi connectivity index (χ4n) is 1.80. The van der Waals surface area contributed by atoms with E-state index in [1.807, 2.05) is 0 Å². The first-order valence-electron chi connectivity index (χ1n) is 6.53. The highest BCUT2D eigenvalue weighted by Crippen LogP contribution is 2.05. The Kier molecular flexibility index (Phi) is 6.91. The lowest BCUT2D eigenvalue weighted by atomic mass is 10.1. The van der Waals surface area contributed by atoms with E-state index in [1.165, 1.54) is 31.4 Å². The number of rotatable bonds is 8. The van der Waals surface area contributed by atoms with Crippen molar-refractivity contribution < 1.29 is 0 Å². The predicted octanol–water partition coefficient (Wildman–Crippen LogP) is 3.65. The number of benzene rings is 1. The summed E-state index contributed by atoms with van der Waals surface area (Å²) in [5.74, 6) is 0.851. The summed E-state index contributed by atoms with van der Waals surface area (Å²) in [4.78, 5) is 0. The van der Waals surface area contributed by atoms with Gasteiger partial charge in [0.1, 0.15) is 0 Å². The summed E-state index contributed by atoms with van der Waals surface area (Å²) in [6.07, 6.45) is 5.17. The molecule has 1 aromatic carbocycles. The Bertz CT molecular complexity index is 253. The van der Waals surface area contributed by atoms with E-state index in [4.69, 9.17) is 0 Å². The number of hydrogen-bond donors (Lipinski definition) is 1. The van der Waals surface area contributed by atoms with Gasteiger partial charge in [0, 0.05) is 0 Å². The van der Waals surface area contributed by atoms with Crippen LogP contribution in [0.4, 0.5) is 0 Å². The molecule has 0 saturated heterocycles. The largest absolute Gasteiger partial charge is 0.316 e. The van der Waals surface area contributed by atoms with E-state index in [0.717, 1.165) is 18.9 Å². The third-order valence-electron chi connectivity index (χ3n) is 2.82. The van der Waals surface area contributed by atoms with Crippen LogP contribution < -0.4 is 5.32 Å². The van der Waals surface area contributed by atoms with Gasteiger partial charge in [0.2, 0.25) is 0 Å². The molecule has 0 bridgehead atoms. The van der Waals surface area contributed by atoms with Crippen LogP contribution >= 0.6 is 0 Å². The van der Waals surface area contributed by atoms with Crippen LogP contribution in [0.1, 0.15) is 38.7 Å². The summed E-state index contributed by atoms with van der Waals surface area (Å²) in [6.45, 7) is 6.86. The van der Waals surface area contributed by atoms with Crippen molar-refractivity contribution in [3.8, 4) is 0 Å². The molecule has 1 N–H and O–H groups in total. The van der Waals surface area contributed by atoms with E-state index in [0.29, 0.717) is 0 Å². The van der Waals surface area contributed by atoms with Crippen molar-refractivity contribution in [2.75, 3.05) is 13.1 Å². The van der Waals surface area contributed by atoms with E-state index in [-0.39, 0.29) is 0 Å². The molecule has 0 atom stereocenters. The molecule has 0 heterocycles. The molecular formula is C15H25N. The lowest BCUT2D eigenvalue weighted by Gasteiger charge is -2.06. The van der Waals surface area contributed by atoms with Crippen molar-refractivity contribution in [1.82, 2.24) is 5.32 Å². The summed E-state index contributed by atoms with van der Waals surface area (Å²) < 4.78 is 0. The number of unbranched alkanes of at least 4 members (excludes halogenated alkanes) is 1. The first-order chi connectivity index (χ1) is 7.79. The molecular weight excluding hydrogens is 194 g/mol. The maximum Gasteiger partial charge on any atom is -0.000835 e. The highest BCUT2D eigenvalue weighted by Gasteiger charge is 1.94. The Morgan fingerprint density at radius 2 is 1.75 bits per heavy atom. The molecule has 0 fully saturated rings. The van der Waals surface area contributed by atoms with Crippen molar-refractivity contribution in [2.24, 2.45) is 5.92 Å². The average Bonchev–Trinajstić information content (AvgIpc) is 2.29.